The summed E-state index contributed by atoms with van der Waals surface area (Å²) >= 11 is 10.9. The molecule has 1 heterocycles. The van der Waals surface area contributed by atoms with Crippen molar-refractivity contribution >= 4 is 62.1 Å². The molecule has 0 bridgehead atoms. The maximum atomic E-state index is 12.6. The largest absolute Gasteiger partial charge is 0.490 e. The van der Waals surface area contributed by atoms with E-state index < -0.39 is 0 Å². The summed E-state index contributed by atoms with van der Waals surface area (Å²) < 4.78 is 12.6. The van der Waals surface area contributed by atoms with Crippen molar-refractivity contribution in [3.05, 3.63) is 91.8 Å². The minimum Gasteiger partial charge on any atom is -0.490 e. The van der Waals surface area contributed by atoms with Gasteiger partial charge in [0.1, 0.15) is 6.61 Å². The van der Waals surface area contributed by atoms with Crippen molar-refractivity contribution in [2.45, 2.75) is 26.9 Å². The first-order valence-corrected chi connectivity index (χ1v) is 13.2. The topological polar surface area (TPSA) is 59.9 Å². The Kier molecular flexibility index (Phi) is 8.55. The van der Waals surface area contributed by atoms with Crippen molar-refractivity contribution in [2.24, 2.45) is 4.99 Å². The maximum absolute atomic E-state index is 12.6. The van der Waals surface area contributed by atoms with Crippen LogP contribution in [-0.2, 0) is 17.8 Å². The van der Waals surface area contributed by atoms with Crippen molar-refractivity contribution in [2.75, 3.05) is 6.61 Å². The van der Waals surface area contributed by atoms with Crippen LogP contribution in [0, 0.1) is 0 Å². The van der Waals surface area contributed by atoms with Crippen LogP contribution in [0.2, 0.25) is 5.02 Å². The summed E-state index contributed by atoms with van der Waals surface area (Å²) in [5.41, 5.74) is 3.84. The molecule has 0 saturated carbocycles. The van der Waals surface area contributed by atoms with E-state index in [0.717, 1.165) is 27.7 Å². The first-order chi connectivity index (χ1) is 16.9. The van der Waals surface area contributed by atoms with Crippen LogP contribution in [0.5, 0.6) is 11.5 Å². The number of benzene rings is 3. The van der Waals surface area contributed by atoms with Gasteiger partial charge in [-0.2, -0.15) is 0 Å². The Balaban J connectivity index is 1.53. The van der Waals surface area contributed by atoms with Gasteiger partial charge >= 0.3 is 0 Å². The number of rotatable bonds is 8. The predicted octanol–water partition coefficient (Wildman–Crippen LogP) is 7.53. The SMILES string of the molecule is CCOc1cc(/C=C2\SC(=Nc3ccc(CC)cc3)NC2=O)c(Br)cc1OCc1ccc(Cl)cc1. The van der Waals surface area contributed by atoms with Gasteiger partial charge in [-0.05, 0) is 84.3 Å². The van der Waals surface area contributed by atoms with Crippen LogP contribution in [0.25, 0.3) is 6.08 Å². The number of hydrogen-bond donors (Lipinski definition) is 1. The molecule has 35 heavy (non-hydrogen) atoms. The highest BCUT2D eigenvalue weighted by molar-refractivity contribution is 9.10. The summed E-state index contributed by atoms with van der Waals surface area (Å²) in [6, 6.07) is 19.2. The summed E-state index contributed by atoms with van der Waals surface area (Å²) in [6.07, 6.45) is 2.79. The molecule has 0 spiro atoms. The van der Waals surface area contributed by atoms with Gasteiger partial charge < -0.3 is 14.8 Å². The standard InChI is InChI=1S/C27H24BrClN2O3S/c1-3-17-7-11-21(12-8-17)30-27-31-26(32)25(35-27)14-19-13-23(33-4-2)24(15-22(19)28)34-16-18-5-9-20(29)10-6-18/h5-15H,3-4,16H2,1-2H3,(H,30,31,32)/b25-14-. The van der Waals surface area contributed by atoms with Gasteiger partial charge in [-0.1, -0.05) is 58.7 Å². The van der Waals surface area contributed by atoms with Crippen molar-refractivity contribution < 1.29 is 14.3 Å². The average Bonchev–Trinajstić information content (AvgIpc) is 3.20. The fourth-order valence-corrected chi connectivity index (χ4v) is 4.73. The number of halogens is 2. The number of thioether (sulfide) groups is 1. The summed E-state index contributed by atoms with van der Waals surface area (Å²) in [5.74, 6) is 1.02. The molecule has 1 N–H and O–H groups in total. The molecule has 5 nitrogen and oxygen atoms in total. The monoisotopic (exact) mass is 570 g/mol. The molecule has 8 heteroatoms. The highest BCUT2D eigenvalue weighted by atomic mass is 79.9. The number of aryl methyl sites for hydroxylation is 1. The average molecular weight is 572 g/mol. The number of amidine groups is 1. The molecule has 0 radical (unpaired) electrons. The lowest BCUT2D eigenvalue weighted by molar-refractivity contribution is -0.115. The van der Waals surface area contributed by atoms with E-state index in [1.807, 2.05) is 73.7 Å². The molecule has 4 rings (SSSR count). The predicted molar refractivity (Wildman–Crippen MR) is 148 cm³/mol. The summed E-state index contributed by atoms with van der Waals surface area (Å²) in [7, 11) is 0. The fourth-order valence-electron chi connectivity index (χ4n) is 3.33. The van der Waals surface area contributed by atoms with Gasteiger partial charge in [-0.25, -0.2) is 4.99 Å². The van der Waals surface area contributed by atoms with Crippen molar-refractivity contribution in [1.29, 1.82) is 0 Å². The third kappa shape index (κ3) is 6.69. The van der Waals surface area contributed by atoms with E-state index in [4.69, 9.17) is 21.1 Å². The second kappa shape index (κ2) is 11.8. The molecule has 0 aliphatic carbocycles. The number of ether oxygens (including phenoxy) is 2. The number of hydrogen-bond acceptors (Lipinski definition) is 5. The molecule has 0 aromatic heterocycles. The molecule has 1 aliphatic heterocycles. The summed E-state index contributed by atoms with van der Waals surface area (Å²) in [6.45, 7) is 4.89. The second-order valence-corrected chi connectivity index (χ2v) is 9.99. The first kappa shape index (κ1) is 25.4. The molecule has 1 aliphatic rings. The quantitative estimate of drug-likeness (QED) is 0.284. The van der Waals surface area contributed by atoms with Crippen LogP contribution in [0.15, 0.2) is 75.0 Å². The van der Waals surface area contributed by atoms with Crippen LogP contribution < -0.4 is 14.8 Å². The van der Waals surface area contributed by atoms with Gasteiger partial charge in [0.05, 0.1) is 17.2 Å². The van der Waals surface area contributed by atoms with E-state index in [2.05, 4.69) is 33.2 Å². The Hall–Kier alpha value is -2.74. The molecule has 3 aromatic carbocycles. The normalized spacial score (nSPS) is 15.5. The summed E-state index contributed by atoms with van der Waals surface area (Å²) in [5, 5.41) is 4.07. The van der Waals surface area contributed by atoms with Gasteiger partial charge in [0.2, 0.25) is 0 Å². The Morgan fingerprint density at radius 1 is 1.00 bits per heavy atom. The lowest BCUT2D eigenvalue weighted by Gasteiger charge is -2.14. The zero-order valence-electron chi connectivity index (χ0n) is 19.3. The molecule has 1 saturated heterocycles. The van der Waals surface area contributed by atoms with E-state index in [-0.39, 0.29) is 5.91 Å². The second-order valence-electron chi connectivity index (χ2n) is 7.67. The molecule has 1 amide bonds. The number of nitrogens with zero attached hydrogens (tertiary/aromatic N) is 1. The number of nitrogens with one attached hydrogen (secondary N) is 1. The summed E-state index contributed by atoms with van der Waals surface area (Å²) in [4.78, 5) is 17.7. The molecular weight excluding hydrogens is 548 g/mol. The lowest BCUT2D eigenvalue weighted by atomic mass is 10.1. The van der Waals surface area contributed by atoms with E-state index in [9.17, 15) is 4.79 Å². The Bertz CT molecular complexity index is 1270. The number of carbonyl (C=O) groups excluding carboxylic acids is 1. The third-order valence-corrected chi connectivity index (χ3v) is 7.03. The van der Waals surface area contributed by atoms with Crippen molar-refractivity contribution in [1.82, 2.24) is 5.32 Å². The molecule has 180 valence electrons. The van der Waals surface area contributed by atoms with Crippen molar-refractivity contribution in [3.8, 4) is 11.5 Å². The van der Waals surface area contributed by atoms with E-state index in [0.29, 0.717) is 39.8 Å². The molecule has 3 aromatic rings. The fraction of sp³-hybridized carbons (Fsp3) is 0.185. The van der Waals surface area contributed by atoms with Crippen LogP contribution in [-0.4, -0.2) is 17.7 Å². The Labute approximate surface area is 222 Å². The highest BCUT2D eigenvalue weighted by Crippen LogP contribution is 2.37. The minimum atomic E-state index is -0.188. The Morgan fingerprint density at radius 2 is 1.69 bits per heavy atom. The van der Waals surface area contributed by atoms with E-state index >= 15 is 0 Å². The molecule has 1 fully saturated rings. The van der Waals surface area contributed by atoms with Gasteiger partial charge in [-0.3, -0.25) is 4.79 Å². The van der Waals surface area contributed by atoms with Crippen LogP contribution in [0.3, 0.4) is 0 Å². The number of aliphatic imine (C=N–C) groups is 1. The Morgan fingerprint density at radius 3 is 2.37 bits per heavy atom. The molecule has 0 unspecified atom stereocenters. The zero-order chi connectivity index (χ0) is 24.8. The number of carbonyl (C=O) groups is 1. The van der Waals surface area contributed by atoms with Crippen LogP contribution in [0.4, 0.5) is 5.69 Å². The third-order valence-electron chi connectivity index (χ3n) is 5.18. The highest BCUT2D eigenvalue weighted by Gasteiger charge is 2.24. The van der Waals surface area contributed by atoms with E-state index in [1.54, 1.807) is 0 Å². The molecule has 0 atom stereocenters. The maximum Gasteiger partial charge on any atom is 0.264 e. The van der Waals surface area contributed by atoms with Crippen molar-refractivity contribution in [3.63, 3.8) is 0 Å². The van der Waals surface area contributed by atoms with Gasteiger partial charge in [0.15, 0.2) is 16.7 Å². The lowest BCUT2D eigenvalue weighted by Crippen LogP contribution is -2.19. The van der Waals surface area contributed by atoms with Gasteiger partial charge in [-0.15, -0.1) is 0 Å². The van der Waals surface area contributed by atoms with Gasteiger partial charge in [0.25, 0.3) is 5.91 Å². The van der Waals surface area contributed by atoms with Crippen LogP contribution in [0.1, 0.15) is 30.5 Å². The zero-order valence-corrected chi connectivity index (χ0v) is 22.5. The smallest absolute Gasteiger partial charge is 0.264 e. The minimum absolute atomic E-state index is 0.188. The van der Waals surface area contributed by atoms with Crippen LogP contribution >= 0.6 is 39.3 Å². The first-order valence-electron chi connectivity index (χ1n) is 11.2. The molecular formula is C27H24BrClN2O3S. The van der Waals surface area contributed by atoms with E-state index in [1.165, 1.54) is 17.3 Å². The number of amides is 1. The van der Waals surface area contributed by atoms with Gasteiger partial charge in [0, 0.05) is 9.50 Å².